The normalized spacial score (nSPS) is 14.9. The second-order valence-corrected chi connectivity index (χ2v) is 18.2. The van der Waals surface area contributed by atoms with Gasteiger partial charge >= 0.3 is 24.0 Å². The van der Waals surface area contributed by atoms with E-state index in [0.717, 1.165) is 129 Å². The van der Waals surface area contributed by atoms with Crippen molar-refractivity contribution in [1.82, 2.24) is 10.2 Å². The summed E-state index contributed by atoms with van der Waals surface area (Å²) in [5.74, 6) is -1.22. The highest BCUT2D eigenvalue weighted by Gasteiger charge is 2.24. The fraction of sp³-hybridized carbons (Fsp3) is 0.782. The van der Waals surface area contributed by atoms with Gasteiger partial charge in [-0.3, -0.25) is 14.4 Å². The van der Waals surface area contributed by atoms with Gasteiger partial charge in [-0.2, -0.15) is 0 Å². The van der Waals surface area contributed by atoms with E-state index < -0.39 is 24.3 Å². The molecule has 1 aliphatic rings. The topological polar surface area (TPSA) is 120 Å². The predicted octanol–water partition coefficient (Wildman–Crippen LogP) is 14.2. The lowest BCUT2D eigenvalue weighted by molar-refractivity contribution is -0.167. The molecule has 0 aliphatic carbocycles. The minimum absolute atomic E-state index is 0.0196. The molecule has 0 aromatic rings. The van der Waals surface area contributed by atoms with Crippen molar-refractivity contribution in [3.8, 4) is 0 Å². The van der Waals surface area contributed by atoms with Crippen molar-refractivity contribution < 1.29 is 38.1 Å². The second kappa shape index (κ2) is 44.4. The summed E-state index contributed by atoms with van der Waals surface area (Å²) in [7, 11) is 2.07. The summed E-state index contributed by atoms with van der Waals surface area (Å²) >= 11 is 0. The van der Waals surface area contributed by atoms with E-state index in [9.17, 15) is 19.2 Å². The molecular formula is C55H96N2O8. The number of nitrogens with zero attached hydrogens (tertiary/aromatic N) is 1. The molecule has 65 heavy (non-hydrogen) atoms. The first kappa shape index (κ1) is 59.6. The van der Waals surface area contributed by atoms with Gasteiger partial charge in [-0.15, -0.1) is 0 Å². The van der Waals surface area contributed by atoms with Gasteiger partial charge in [0, 0.05) is 31.8 Å². The molecule has 0 radical (unpaired) electrons. The van der Waals surface area contributed by atoms with Crippen LogP contribution in [-0.4, -0.2) is 80.5 Å². The summed E-state index contributed by atoms with van der Waals surface area (Å²) in [6.07, 6.45) is 47.1. The zero-order valence-corrected chi connectivity index (χ0v) is 42.0. The number of rotatable bonds is 43. The Morgan fingerprint density at radius 3 is 1.46 bits per heavy atom. The van der Waals surface area contributed by atoms with Gasteiger partial charge in [-0.1, -0.05) is 146 Å². The number of unbranched alkanes of at least 4 members (excludes halogenated alkanes) is 18. The van der Waals surface area contributed by atoms with E-state index in [-0.39, 0.29) is 44.4 Å². The first-order valence-electron chi connectivity index (χ1n) is 26.5. The van der Waals surface area contributed by atoms with Crippen LogP contribution in [0.2, 0.25) is 0 Å². The van der Waals surface area contributed by atoms with Crippen molar-refractivity contribution in [2.75, 3.05) is 33.4 Å². The van der Waals surface area contributed by atoms with Crippen molar-refractivity contribution in [1.29, 1.82) is 0 Å². The van der Waals surface area contributed by atoms with Gasteiger partial charge < -0.3 is 29.2 Å². The molecule has 10 nitrogen and oxygen atoms in total. The first-order valence-corrected chi connectivity index (χ1v) is 26.5. The van der Waals surface area contributed by atoms with E-state index in [1.807, 2.05) is 0 Å². The Morgan fingerprint density at radius 2 is 0.985 bits per heavy atom. The standard InChI is InChI=1S/C55H96N2O8/c1-5-8-11-13-15-17-19-21-23-25-27-29-31-33-36-41-52(58)62-47-51(48-63-53(59)42-37-34-32-30-28-26-24-22-20-18-16-14-12-9-6-2)64-54(60)44-43-50(40-35-10-7-3)65-55(61)56-46-49-39-38-45-57(49)4/h15-18,21-24,49-51H,5-14,19-20,25-48H2,1-4H3,(H,56,61)/b17-15-,18-16-,23-21-,24-22-. The largest absolute Gasteiger partial charge is 0.462 e. The Balaban J connectivity index is 2.53. The van der Waals surface area contributed by atoms with Crippen LogP contribution in [-0.2, 0) is 33.3 Å². The molecule has 10 heteroatoms. The Morgan fingerprint density at radius 1 is 0.523 bits per heavy atom. The van der Waals surface area contributed by atoms with Crippen LogP contribution in [0.15, 0.2) is 48.6 Å². The molecule has 0 aromatic heterocycles. The molecule has 2 atom stereocenters. The van der Waals surface area contributed by atoms with E-state index in [1.165, 1.54) is 51.4 Å². The molecule has 0 aromatic carbocycles. The molecule has 0 spiro atoms. The average Bonchev–Trinajstić information content (AvgIpc) is 3.72. The Kier molecular flexibility index (Phi) is 40.8. The van der Waals surface area contributed by atoms with E-state index in [1.54, 1.807) is 0 Å². The quantitative estimate of drug-likeness (QED) is 0.0276. The number of amides is 1. The summed E-state index contributed by atoms with van der Waals surface area (Å²) in [6.45, 7) is 7.76. The highest BCUT2D eigenvalue weighted by atomic mass is 16.6. The first-order chi connectivity index (χ1) is 31.8. The van der Waals surface area contributed by atoms with E-state index in [2.05, 4.69) is 86.6 Å². The third-order valence-electron chi connectivity index (χ3n) is 12.0. The molecule has 1 fully saturated rings. The second-order valence-electron chi connectivity index (χ2n) is 18.2. The zero-order chi connectivity index (χ0) is 47.3. The maximum atomic E-state index is 13.2. The van der Waals surface area contributed by atoms with Crippen LogP contribution in [0.1, 0.15) is 226 Å². The van der Waals surface area contributed by atoms with Gasteiger partial charge in [0.2, 0.25) is 0 Å². The van der Waals surface area contributed by atoms with Crippen molar-refractivity contribution in [2.45, 2.75) is 244 Å². The van der Waals surface area contributed by atoms with Gasteiger partial charge in [-0.05, 0) is 123 Å². The maximum absolute atomic E-state index is 13.2. The molecule has 0 bridgehead atoms. The summed E-state index contributed by atoms with van der Waals surface area (Å²) in [5.41, 5.74) is 0. The molecule has 1 N–H and O–H groups in total. The average molecular weight is 913 g/mol. The summed E-state index contributed by atoms with van der Waals surface area (Å²) in [4.78, 5) is 53.6. The number of hydrogen-bond donors (Lipinski definition) is 1. The number of hydrogen-bond acceptors (Lipinski definition) is 9. The molecular weight excluding hydrogens is 817 g/mol. The lowest BCUT2D eigenvalue weighted by Gasteiger charge is -2.22. The van der Waals surface area contributed by atoms with E-state index >= 15 is 0 Å². The lowest BCUT2D eigenvalue weighted by Crippen LogP contribution is -2.39. The SMILES string of the molecule is CCCCC/C=C\C/C=C\CCCCCCCC(=O)OCC(COC(=O)CCCCCCC/C=C\C/C=C\CCCCC)OC(=O)CCC(CCCCC)OC(=O)NCC1CCCN1C. The van der Waals surface area contributed by atoms with Gasteiger partial charge in [0.1, 0.15) is 19.3 Å². The number of likely N-dealkylation sites (N-methyl/N-ethyl adjacent to an activating group) is 1. The lowest BCUT2D eigenvalue weighted by atomic mass is 10.1. The fourth-order valence-corrected chi connectivity index (χ4v) is 7.83. The van der Waals surface area contributed by atoms with Crippen LogP contribution in [0.4, 0.5) is 4.79 Å². The molecule has 1 heterocycles. The van der Waals surface area contributed by atoms with Gasteiger partial charge in [-0.25, -0.2) is 4.79 Å². The summed E-state index contributed by atoms with van der Waals surface area (Å²) < 4.78 is 22.6. The van der Waals surface area contributed by atoms with Crippen LogP contribution >= 0.6 is 0 Å². The third kappa shape index (κ3) is 38.4. The summed E-state index contributed by atoms with van der Waals surface area (Å²) in [5, 5.41) is 2.91. The minimum Gasteiger partial charge on any atom is -0.462 e. The third-order valence-corrected chi connectivity index (χ3v) is 12.0. The van der Waals surface area contributed by atoms with Crippen molar-refractivity contribution in [2.24, 2.45) is 0 Å². The monoisotopic (exact) mass is 913 g/mol. The number of carbonyl (C=O) groups is 4. The van der Waals surface area contributed by atoms with Crippen LogP contribution < -0.4 is 5.32 Å². The number of esters is 3. The van der Waals surface area contributed by atoms with Crippen LogP contribution in [0.3, 0.4) is 0 Å². The Bertz CT molecular complexity index is 1230. The minimum atomic E-state index is -0.921. The van der Waals surface area contributed by atoms with E-state index in [4.69, 9.17) is 18.9 Å². The highest BCUT2D eigenvalue weighted by Crippen LogP contribution is 2.17. The van der Waals surface area contributed by atoms with Gasteiger partial charge in [0.05, 0.1) is 0 Å². The molecule has 0 saturated carbocycles. The smallest absolute Gasteiger partial charge is 0.407 e. The van der Waals surface area contributed by atoms with Crippen LogP contribution in [0, 0.1) is 0 Å². The van der Waals surface area contributed by atoms with Crippen LogP contribution in [0.25, 0.3) is 0 Å². The number of alkyl carbamates (subject to hydrolysis) is 1. The van der Waals surface area contributed by atoms with E-state index in [0.29, 0.717) is 25.4 Å². The van der Waals surface area contributed by atoms with Crippen LogP contribution in [0.5, 0.6) is 0 Å². The Labute approximate surface area is 397 Å². The molecule has 1 rings (SSSR count). The summed E-state index contributed by atoms with van der Waals surface area (Å²) in [6, 6.07) is 0.303. The van der Waals surface area contributed by atoms with Gasteiger partial charge in [0.15, 0.2) is 6.10 Å². The molecule has 2 unspecified atom stereocenters. The number of allylic oxidation sites excluding steroid dienone is 8. The van der Waals surface area contributed by atoms with Gasteiger partial charge in [0.25, 0.3) is 0 Å². The van der Waals surface area contributed by atoms with Crippen molar-refractivity contribution in [3.05, 3.63) is 48.6 Å². The number of ether oxygens (including phenoxy) is 4. The molecule has 1 saturated heterocycles. The highest BCUT2D eigenvalue weighted by molar-refractivity contribution is 5.71. The maximum Gasteiger partial charge on any atom is 0.407 e. The predicted molar refractivity (Wildman–Crippen MR) is 268 cm³/mol. The number of likely N-dealkylation sites (tertiary alicyclic amines) is 1. The molecule has 1 amide bonds. The number of nitrogens with one attached hydrogen (secondary N) is 1. The molecule has 1 aliphatic heterocycles. The number of carbonyl (C=O) groups excluding carboxylic acids is 4. The fourth-order valence-electron chi connectivity index (χ4n) is 7.83. The van der Waals surface area contributed by atoms with Crippen molar-refractivity contribution in [3.63, 3.8) is 0 Å². The Hall–Kier alpha value is -3.40. The molecule has 374 valence electrons. The zero-order valence-electron chi connectivity index (χ0n) is 42.0. The van der Waals surface area contributed by atoms with Crippen molar-refractivity contribution >= 4 is 24.0 Å².